The van der Waals surface area contributed by atoms with Crippen LogP contribution in [0.1, 0.15) is 18.4 Å². The molecule has 0 saturated carbocycles. The van der Waals surface area contributed by atoms with Gasteiger partial charge in [-0.15, -0.1) is 0 Å². The summed E-state index contributed by atoms with van der Waals surface area (Å²) in [6, 6.07) is 5.59. The standard InChI is InChI=1S/C13H17BrN2O2/c1-9-7-10(14)4-5-12(9)15-13(18)16-6-2-3-11(17)8-16/h4-5,7,11,17H,2-3,6,8H2,1H3,(H,15,18)/t11-/m0/s1. The van der Waals surface area contributed by atoms with Gasteiger partial charge < -0.3 is 15.3 Å². The van der Waals surface area contributed by atoms with Crippen LogP contribution in [0, 0.1) is 6.92 Å². The van der Waals surface area contributed by atoms with Crippen molar-refractivity contribution in [3.05, 3.63) is 28.2 Å². The summed E-state index contributed by atoms with van der Waals surface area (Å²) in [5, 5.41) is 12.4. The highest BCUT2D eigenvalue weighted by molar-refractivity contribution is 9.10. The van der Waals surface area contributed by atoms with E-state index in [1.54, 1.807) is 4.90 Å². The lowest BCUT2D eigenvalue weighted by Gasteiger charge is -2.30. The maximum atomic E-state index is 12.0. The topological polar surface area (TPSA) is 52.6 Å². The van der Waals surface area contributed by atoms with E-state index in [1.807, 2.05) is 25.1 Å². The predicted molar refractivity (Wildman–Crippen MR) is 74.7 cm³/mol. The average molecular weight is 313 g/mol. The van der Waals surface area contributed by atoms with E-state index in [9.17, 15) is 9.90 Å². The molecule has 18 heavy (non-hydrogen) atoms. The smallest absolute Gasteiger partial charge is 0.321 e. The fraction of sp³-hybridized carbons (Fsp3) is 0.462. The Morgan fingerprint density at radius 1 is 1.56 bits per heavy atom. The first-order valence-corrected chi connectivity index (χ1v) is 6.85. The zero-order valence-electron chi connectivity index (χ0n) is 10.3. The number of carbonyl (C=O) groups is 1. The van der Waals surface area contributed by atoms with Crippen molar-refractivity contribution >= 4 is 27.6 Å². The van der Waals surface area contributed by atoms with Crippen LogP contribution < -0.4 is 5.32 Å². The molecule has 0 aromatic heterocycles. The maximum absolute atomic E-state index is 12.0. The van der Waals surface area contributed by atoms with Crippen molar-refractivity contribution in [1.29, 1.82) is 0 Å². The molecule has 0 bridgehead atoms. The summed E-state index contributed by atoms with van der Waals surface area (Å²) in [5.41, 5.74) is 1.82. The highest BCUT2D eigenvalue weighted by Crippen LogP contribution is 2.21. The van der Waals surface area contributed by atoms with Gasteiger partial charge in [-0.25, -0.2) is 4.79 Å². The van der Waals surface area contributed by atoms with Crippen LogP contribution in [0.5, 0.6) is 0 Å². The number of hydrogen-bond acceptors (Lipinski definition) is 2. The van der Waals surface area contributed by atoms with E-state index >= 15 is 0 Å². The lowest BCUT2D eigenvalue weighted by atomic mass is 10.1. The van der Waals surface area contributed by atoms with Gasteiger partial charge in [-0.1, -0.05) is 15.9 Å². The van der Waals surface area contributed by atoms with Crippen LogP contribution in [0.15, 0.2) is 22.7 Å². The SMILES string of the molecule is Cc1cc(Br)ccc1NC(=O)N1CCC[C@H](O)C1. The molecule has 1 fully saturated rings. The minimum atomic E-state index is -0.393. The van der Waals surface area contributed by atoms with E-state index in [0.717, 1.165) is 28.6 Å². The van der Waals surface area contributed by atoms with E-state index in [1.165, 1.54) is 0 Å². The Balaban J connectivity index is 2.02. The van der Waals surface area contributed by atoms with Crippen LogP contribution >= 0.6 is 15.9 Å². The molecular formula is C13H17BrN2O2. The summed E-state index contributed by atoms with van der Waals surface area (Å²) in [4.78, 5) is 13.7. The summed E-state index contributed by atoms with van der Waals surface area (Å²) in [6.45, 7) is 3.07. The van der Waals surface area contributed by atoms with Gasteiger partial charge in [-0.05, 0) is 43.5 Å². The highest BCUT2D eigenvalue weighted by Gasteiger charge is 2.22. The molecule has 2 N–H and O–H groups in total. The minimum absolute atomic E-state index is 0.140. The number of halogens is 1. The number of aliphatic hydroxyl groups excluding tert-OH is 1. The number of rotatable bonds is 1. The number of aryl methyl sites for hydroxylation is 1. The van der Waals surface area contributed by atoms with E-state index in [2.05, 4.69) is 21.2 Å². The van der Waals surface area contributed by atoms with Crippen LogP contribution in [0.25, 0.3) is 0 Å². The molecule has 1 aliphatic heterocycles. The second-order valence-electron chi connectivity index (χ2n) is 4.63. The van der Waals surface area contributed by atoms with Crippen molar-refractivity contribution in [2.45, 2.75) is 25.9 Å². The molecule has 4 nitrogen and oxygen atoms in total. The van der Waals surface area contributed by atoms with Crippen molar-refractivity contribution in [3.8, 4) is 0 Å². The van der Waals surface area contributed by atoms with Gasteiger partial charge in [0.1, 0.15) is 0 Å². The highest BCUT2D eigenvalue weighted by atomic mass is 79.9. The molecule has 2 rings (SSSR count). The van der Waals surface area contributed by atoms with Crippen molar-refractivity contribution in [3.63, 3.8) is 0 Å². The third-order valence-corrected chi connectivity index (χ3v) is 3.61. The Morgan fingerprint density at radius 2 is 2.33 bits per heavy atom. The van der Waals surface area contributed by atoms with Crippen LogP contribution in [0.4, 0.5) is 10.5 Å². The number of piperidine rings is 1. The third kappa shape index (κ3) is 3.23. The molecule has 1 saturated heterocycles. The first-order valence-electron chi connectivity index (χ1n) is 6.06. The van der Waals surface area contributed by atoms with Crippen LogP contribution in [0.2, 0.25) is 0 Å². The van der Waals surface area contributed by atoms with Crippen molar-refractivity contribution in [2.24, 2.45) is 0 Å². The molecule has 1 heterocycles. The number of β-amino-alcohol motifs (C(OH)–C–C–N with tert-alkyl or cyclic N) is 1. The number of urea groups is 1. The Morgan fingerprint density at radius 3 is 3.00 bits per heavy atom. The van der Waals surface area contributed by atoms with Gasteiger partial charge in [0.15, 0.2) is 0 Å². The van der Waals surface area contributed by atoms with Crippen LogP contribution in [-0.2, 0) is 0 Å². The Labute approximate surface area is 115 Å². The van der Waals surface area contributed by atoms with Gasteiger partial charge in [0.05, 0.1) is 6.10 Å². The number of hydrogen-bond donors (Lipinski definition) is 2. The number of nitrogens with one attached hydrogen (secondary N) is 1. The van der Waals surface area contributed by atoms with E-state index in [-0.39, 0.29) is 6.03 Å². The molecule has 1 aliphatic rings. The lowest BCUT2D eigenvalue weighted by molar-refractivity contribution is 0.0883. The summed E-state index contributed by atoms with van der Waals surface area (Å²) in [6.07, 6.45) is 1.24. The first kappa shape index (κ1) is 13.4. The molecule has 1 atom stereocenters. The Hall–Kier alpha value is -1.07. The normalized spacial score (nSPS) is 19.7. The van der Waals surface area contributed by atoms with Crippen LogP contribution in [-0.4, -0.2) is 35.2 Å². The number of likely N-dealkylation sites (tertiary alicyclic amines) is 1. The monoisotopic (exact) mass is 312 g/mol. The Bertz CT molecular complexity index is 451. The maximum Gasteiger partial charge on any atom is 0.321 e. The van der Waals surface area contributed by atoms with Gasteiger partial charge >= 0.3 is 6.03 Å². The molecule has 2 amide bonds. The van der Waals surface area contributed by atoms with E-state index < -0.39 is 6.10 Å². The van der Waals surface area contributed by atoms with Crippen molar-refractivity contribution in [1.82, 2.24) is 4.90 Å². The molecule has 0 aliphatic carbocycles. The number of anilines is 1. The molecular weight excluding hydrogens is 296 g/mol. The zero-order chi connectivity index (χ0) is 13.1. The molecule has 0 spiro atoms. The molecule has 5 heteroatoms. The number of nitrogens with zero attached hydrogens (tertiary/aromatic N) is 1. The second kappa shape index (κ2) is 5.71. The first-order chi connectivity index (χ1) is 8.56. The quantitative estimate of drug-likeness (QED) is 0.837. The summed E-state index contributed by atoms with van der Waals surface area (Å²) >= 11 is 3.39. The second-order valence-corrected chi connectivity index (χ2v) is 5.55. The number of aliphatic hydroxyl groups is 1. The van der Waals surface area contributed by atoms with Gasteiger partial charge in [0.2, 0.25) is 0 Å². The van der Waals surface area contributed by atoms with E-state index in [0.29, 0.717) is 13.1 Å². The summed E-state index contributed by atoms with van der Waals surface area (Å²) in [5.74, 6) is 0. The van der Waals surface area contributed by atoms with Crippen molar-refractivity contribution in [2.75, 3.05) is 18.4 Å². The molecule has 1 aromatic carbocycles. The third-order valence-electron chi connectivity index (χ3n) is 3.11. The zero-order valence-corrected chi connectivity index (χ0v) is 11.9. The number of benzene rings is 1. The fourth-order valence-electron chi connectivity index (χ4n) is 2.10. The predicted octanol–water partition coefficient (Wildman–Crippen LogP) is 2.75. The Kier molecular flexibility index (Phi) is 4.24. The van der Waals surface area contributed by atoms with Gasteiger partial charge in [-0.2, -0.15) is 0 Å². The van der Waals surface area contributed by atoms with E-state index in [4.69, 9.17) is 0 Å². The van der Waals surface area contributed by atoms with Gasteiger partial charge in [-0.3, -0.25) is 0 Å². The average Bonchev–Trinajstić information content (AvgIpc) is 2.32. The molecule has 1 aromatic rings. The number of amides is 2. The minimum Gasteiger partial charge on any atom is -0.391 e. The lowest BCUT2D eigenvalue weighted by Crippen LogP contribution is -2.44. The van der Waals surface area contributed by atoms with Crippen molar-refractivity contribution < 1.29 is 9.90 Å². The fourth-order valence-corrected chi connectivity index (χ4v) is 2.58. The van der Waals surface area contributed by atoms with Crippen LogP contribution in [0.3, 0.4) is 0 Å². The van der Waals surface area contributed by atoms with Gasteiger partial charge in [0.25, 0.3) is 0 Å². The summed E-state index contributed by atoms with van der Waals surface area (Å²) in [7, 11) is 0. The molecule has 0 radical (unpaired) electrons. The molecule has 98 valence electrons. The molecule has 0 unspecified atom stereocenters. The summed E-state index contributed by atoms with van der Waals surface area (Å²) < 4.78 is 0.992. The van der Waals surface area contributed by atoms with Gasteiger partial charge in [0, 0.05) is 23.2 Å². The number of carbonyl (C=O) groups excluding carboxylic acids is 1. The largest absolute Gasteiger partial charge is 0.391 e.